The van der Waals surface area contributed by atoms with Crippen molar-refractivity contribution in [1.82, 2.24) is 14.8 Å². The third-order valence-corrected chi connectivity index (χ3v) is 4.92. The van der Waals surface area contributed by atoms with Crippen LogP contribution in [-0.2, 0) is 11.3 Å². The van der Waals surface area contributed by atoms with Crippen molar-refractivity contribution in [2.75, 3.05) is 38.0 Å². The number of aromatic nitrogens is 1. The monoisotopic (exact) mass is 366 g/mol. The lowest BCUT2D eigenvalue weighted by atomic mass is 10.1. The van der Waals surface area contributed by atoms with Crippen LogP contribution < -0.4 is 5.32 Å². The molecule has 1 N–H and O–H groups in total. The van der Waals surface area contributed by atoms with E-state index in [1.807, 2.05) is 19.2 Å². The van der Waals surface area contributed by atoms with Crippen LogP contribution in [0, 0.1) is 6.92 Å². The summed E-state index contributed by atoms with van der Waals surface area (Å²) in [7, 11) is 0. The van der Waals surface area contributed by atoms with E-state index in [-0.39, 0.29) is 11.7 Å². The van der Waals surface area contributed by atoms with Gasteiger partial charge in [0.1, 0.15) is 0 Å². The van der Waals surface area contributed by atoms with Gasteiger partial charge in [-0.3, -0.25) is 24.4 Å². The summed E-state index contributed by atoms with van der Waals surface area (Å²) in [4.78, 5) is 32.5. The molecular formula is C21H26N4O2. The molecule has 1 aromatic carbocycles. The van der Waals surface area contributed by atoms with Crippen LogP contribution in [0.25, 0.3) is 0 Å². The SMILES string of the molecule is CC(=O)c1ccc(NC(=O)CN2CCN(Cc3cccnc3C)CC2)cc1. The number of hydrogen-bond donors (Lipinski definition) is 1. The Morgan fingerprint density at radius 1 is 1.04 bits per heavy atom. The van der Waals surface area contributed by atoms with Crippen LogP contribution in [0.3, 0.4) is 0 Å². The second-order valence-corrected chi connectivity index (χ2v) is 6.98. The van der Waals surface area contributed by atoms with Crippen molar-refractivity contribution in [3.63, 3.8) is 0 Å². The Morgan fingerprint density at radius 3 is 2.33 bits per heavy atom. The zero-order valence-electron chi connectivity index (χ0n) is 15.9. The van der Waals surface area contributed by atoms with Crippen molar-refractivity contribution in [1.29, 1.82) is 0 Å². The van der Waals surface area contributed by atoms with Gasteiger partial charge in [0.15, 0.2) is 5.78 Å². The normalized spacial score (nSPS) is 15.5. The lowest BCUT2D eigenvalue weighted by molar-refractivity contribution is -0.117. The summed E-state index contributed by atoms with van der Waals surface area (Å²) in [6.07, 6.45) is 1.82. The van der Waals surface area contributed by atoms with E-state index in [0.717, 1.165) is 44.1 Å². The van der Waals surface area contributed by atoms with Crippen LogP contribution in [0.5, 0.6) is 0 Å². The molecule has 0 spiro atoms. The van der Waals surface area contributed by atoms with Crippen molar-refractivity contribution in [2.24, 2.45) is 0 Å². The molecule has 27 heavy (non-hydrogen) atoms. The molecule has 0 bridgehead atoms. The van der Waals surface area contributed by atoms with E-state index < -0.39 is 0 Å². The molecule has 1 aliphatic rings. The standard InChI is InChI=1S/C21H26N4O2/c1-16-19(4-3-9-22-16)14-24-10-12-25(13-11-24)15-21(27)23-20-7-5-18(6-8-20)17(2)26/h3-9H,10-15H2,1-2H3,(H,23,27). The van der Waals surface area contributed by atoms with Crippen LogP contribution >= 0.6 is 0 Å². The molecule has 0 aliphatic carbocycles. The number of amides is 1. The molecule has 3 rings (SSSR count). The zero-order valence-corrected chi connectivity index (χ0v) is 15.9. The van der Waals surface area contributed by atoms with Gasteiger partial charge in [-0.1, -0.05) is 6.07 Å². The summed E-state index contributed by atoms with van der Waals surface area (Å²) >= 11 is 0. The van der Waals surface area contributed by atoms with E-state index in [9.17, 15) is 9.59 Å². The number of pyridine rings is 1. The van der Waals surface area contributed by atoms with Gasteiger partial charge in [-0.15, -0.1) is 0 Å². The number of ketones is 1. The molecule has 6 heteroatoms. The van der Waals surface area contributed by atoms with E-state index in [4.69, 9.17) is 0 Å². The number of nitrogens with one attached hydrogen (secondary N) is 1. The van der Waals surface area contributed by atoms with Gasteiger partial charge in [0.05, 0.1) is 6.54 Å². The molecule has 0 radical (unpaired) electrons. The fourth-order valence-electron chi connectivity index (χ4n) is 3.22. The Hall–Kier alpha value is -2.57. The Labute approximate surface area is 160 Å². The number of carbonyl (C=O) groups is 2. The van der Waals surface area contributed by atoms with Crippen molar-refractivity contribution in [2.45, 2.75) is 20.4 Å². The van der Waals surface area contributed by atoms with E-state index in [1.54, 1.807) is 24.3 Å². The highest BCUT2D eigenvalue weighted by atomic mass is 16.2. The van der Waals surface area contributed by atoms with Crippen molar-refractivity contribution in [3.8, 4) is 0 Å². The Balaban J connectivity index is 1.44. The third kappa shape index (κ3) is 5.45. The largest absolute Gasteiger partial charge is 0.325 e. The highest BCUT2D eigenvalue weighted by molar-refractivity contribution is 5.96. The van der Waals surface area contributed by atoms with Gasteiger partial charge in [0, 0.05) is 55.9 Å². The van der Waals surface area contributed by atoms with Gasteiger partial charge in [0.25, 0.3) is 0 Å². The van der Waals surface area contributed by atoms with Crippen LogP contribution in [0.2, 0.25) is 0 Å². The maximum absolute atomic E-state index is 12.3. The molecule has 1 amide bonds. The van der Waals surface area contributed by atoms with E-state index in [1.165, 1.54) is 12.5 Å². The first kappa shape index (κ1) is 19.2. The van der Waals surface area contributed by atoms with Crippen LogP contribution in [0.4, 0.5) is 5.69 Å². The van der Waals surface area contributed by atoms with E-state index in [2.05, 4.69) is 26.2 Å². The summed E-state index contributed by atoms with van der Waals surface area (Å²) < 4.78 is 0. The molecule has 0 unspecified atom stereocenters. The zero-order chi connectivity index (χ0) is 19.2. The fraction of sp³-hybridized carbons (Fsp3) is 0.381. The van der Waals surface area contributed by atoms with E-state index in [0.29, 0.717) is 12.1 Å². The van der Waals surface area contributed by atoms with Gasteiger partial charge in [-0.05, 0) is 49.7 Å². The number of carbonyl (C=O) groups excluding carboxylic acids is 2. The Morgan fingerprint density at radius 2 is 1.70 bits per heavy atom. The molecule has 142 valence electrons. The first-order valence-corrected chi connectivity index (χ1v) is 9.27. The Bertz CT molecular complexity index is 796. The quantitative estimate of drug-likeness (QED) is 0.795. The summed E-state index contributed by atoms with van der Waals surface area (Å²) in [5.74, 6) is -0.00523. The number of benzene rings is 1. The molecule has 2 heterocycles. The smallest absolute Gasteiger partial charge is 0.238 e. The lowest BCUT2D eigenvalue weighted by Gasteiger charge is -2.34. The topological polar surface area (TPSA) is 65.5 Å². The summed E-state index contributed by atoms with van der Waals surface area (Å²) in [6.45, 7) is 8.48. The predicted molar refractivity (Wildman–Crippen MR) is 106 cm³/mol. The number of rotatable bonds is 6. The molecule has 0 saturated carbocycles. The minimum absolute atomic E-state index is 0.0206. The average molecular weight is 366 g/mol. The third-order valence-electron chi connectivity index (χ3n) is 4.92. The Kier molecular flexibility index (Phi) is 6.32. The highest BCUT2D eigenvalue weighted by Gasteiger charge is 2.19. The second-order valence-electron chi connectivity index (χ2n) is 6.98. The van der Waals surface area contributed by atoms with Gasteiger partial charge in [-0.25, -0.2) is 0 Å². The molecule has 1 saturated heterocycles. The van der Waals surface area contributed by atoms with Crippen molar-refractivity contribution in [3.05, 3.63) is 59.4 Å². The van der Waals surface area contributed by atoms with Gasteiger partial charge < -0.3 is 5.32 Å². The van der Waals surface area contributed by atoms with Crippen molar-refractivity contribution >= 4 is 17.4 Å². The maximum Gasteiger partial charge on any atom is 0.238 e. The number of nitrogens with zero attached hydrogens (tertiary/aromatic N) is 3. The molecule has 6 nitrogen and oxygen atoms in total. The average Bonchev–Trinajstić information content (AvgIpc) is 2.65. The minimum Gasteiger partial charge on any atom is -0.325 e. The number of piperazine rings is 1. The predicted octanol–water partition coefficient (Wildman–Crippen LogP) is 2.35. The molecular weight excluding hydrogens is 340 g/mol. The molecule has 2 aromatic rings. The highest BCUT2D eigenvalue weighted by Crippen LogP contribution is 2.12. The summed E-state index contributed by atoms with van der Waals surface area (Å²) in [5, 5.41) is 2.90. The fourth-order valence-corrected chi connectivity index (χ4v) is 3.22. The molecule has 1 fully saturated rings. The molecule has 1 aliphatic heterocycles. The van der Waals surface area contributed by atoms with Gasteiger partial charge in [0.2, 0.25) is 5.91 Å². The first-order chi connectivity index (χ1) is 13.0. The maximum atomic E-state index is 12.3. The summed E-state index contributed by atoms with van der Waals surface area (Å²) in [6, 6.07) is 11.1. The van der Waals surface area contributed by atoms with Crippen LogP contribution in [-0.4, -0.2) is 59.2 Å². The number of anilines is 1. The second kappa shape index (κ2) is 8.88. The number of Topliss-reactive ketones (excluding diaryl/α,β-unsaturated/α-hetero) is 1. The molecule has 0 atom stereocenters. The van der Waals surface area contributed by atoms with Crippen LogP contribution in [0.15, 0.2) is 42.6 Å². The minimum atomic E-state index is -0.0258. The number of hydrogen-bond acceptors (Lipinski definition) is 5. The summed E-state index contributed by atoms with van der Waals surface area (Å²) in [5.41, 5.74) is 3.71. The molecule has 1 aromatic heterocycles. The first-order valence-electron chi connectivity index (χ1n) is 9.27. The van der Waals surface area contributed by atoms with Gasteiger partial charge in [-0.2, -0.15) is 0 Å². The number of aryl methyl sites for hydroxylation is 1. The lowest BCUT2D eigenvalue weighted by Crippen LogP contribution is -2.48. The van der Waals surface area contributed by atoms with Crippen LogP contribution in [0.1, 0.15) is 28.5 Å². The van der Waals surface area contributed by atoms with Gasteiger partial charge >= 0.3 is 0 Å². The van der Waals surface area contributed by atoms with E-state index >= 15 is 0 Å². The van der Waals surface area contributed by atoms with Crippen molar-refractivity contribution < 1.29 is 9.59 Å².